The summed E-state index contributed by atoms with van der Waals surface area (Å²) < 4.78 is 26.4. The summed E-state index contributed by atoms with van der Waals surface area (Å²) in [6.07, 6.45) is 1.44. The predicted octanol–water partition coefficient (Wildman–Crippen LogP) is 2.86. The maximum Gasteiger partial charge on any atom is 0.186 e. The molecule has 132 valence electrons. The average Bonchev–Trinajstić information content (AvgIpc) is 2.57. The molecule has 0 aliphatic carbocycles. The zero-order valence-electron chi connectivity index (χ0n) is 13.1. The third-order valence-electron chi connectivity index (χ3n) is 2.90. The van der Waals surface area contributed by atoms with E-state index in [0.29, 0.717) is 5.57 Å². The van der Waals surface area contributed by atoms with Gasteiger partial charge < -0.3 is 10.4 Å². The number of hydrogen-bond donors (Lipinski definition) is 4. The highest BCUT2D eigenvalue weighted by Gasteiger charge is 2.11. The predicted molar refractivity (Wildman–Crippen MR) is 91.8 cm³/mol. The SMILES string of the molecule is C/C(=C\N/C(C=O)=C(/O)C=O)C(=N)SC(=N)Cc1ccc(F)cc1F. The molecule has 0 saturated carbocycles. The lowest BCUT2D eigenvalue weighted by Crippen LogP contribution is -2.13. The van der Waals surface area contributed by atoms with E-state index < -0.39 is 17.4 Å². The number of carbonyl (C=O) groups excluding carboxylic acids is 2. The van der Waals surface area contributed by atoms with Crippen LogP contribution >= 0.6 is 11.8 Å². The molecule has 0 amide bonds. The highest BCUT2D eigenvalue weighted by molar-refractivity contribution is 8.26. The fourth-order valence-corrected chi connectivity index (χ4v) is 2.26. The van der Waals surface area contributed by atoms with Gasteiger partial charge in [-0.25, -0.2) is 8.78 Å². The molecule has 0 bridgehead atoms. The van der Waals surface area contributed by atoms with Crippen LogP contribution in [0.4, 0.5) is 8.78 Å². The van der Waals surface area contributed by atoms with Gasteiger partial charge in [0, 0.05) is 18.7 Å². The first-order valence-electron chi connectivity index (χ1n) is 6.83. The Balaban J connectivity index is 2.70. The van der Waals surface area contributed by atoms with Crippen LogP contribution in [0.5, 0.6) is 0 Å². The molecule has 4 N–H and O–H groups in total. The monoisotopic (exact) mass is 367 g/mol. The van der Waals surface area contributed by atoms with E-state index in [0.717, 1.165) is 23.9 Å². The summed E-state index contributed by atoms with van der Waals surface area (Å²) in [4.78, 5) is 21.1. The van der Waals surface area contributed by atoms with Crippen LogP contribution in [0, 0.1) is 22.5 Å². The second-order valence-corrected chi connectivity index (χ2v) is 5.88. The van der Waals surface area contributed by atoms with Crippen molar-refractivity contribution in [2.24, 2.45) is 0 Å². The van der Waals surface area contributed by atoms with E-state index >= 15 is 0 Å². The topological polar surface area (TPSA) is 114 Å². The first-order chi connectivity index (χ1) is 11.8. The van der Waals surface area contributed by atoms with Crippen molar-refractivity contribution in [3.05, 3.63) is 58.6 Å². The lowest BCUT2D eigenvalue weighted by Gasteiger charge is -2.08. The summed E-state index contributed by atoms with van der Waals surface area (Å²) in [5.74, 6) is -2.26. The summed E-state index contributed by atoms with van der Waals surface area (Å²) in [5.41, 5.74) is 0.0801. The first kappa shape index (κ1) is 20.2. The molecule has 6 nitrogen and oxygen atoms in total. The highest BCUT2D eigenvalue weighted by Crippen LogP contribution is 2.17. The zero-order valence-corrected chi connectivity index (χ0v) is 13.9. The number of allylic oxidation sites excluding steroid dienone is 2. The number of aldehydes is 2. The fourth-order valence-electron chi connectivity index (χ4n) is 1.56. The molecule has 0 aliphatic heterocycles. The number of aliphatic hydroxyl groups excluding tert-OH is 1. The Labute approximate surface area is 146 Å². The maximum atomic E-state index is 13.6. The molecule has 0 atom stereocenters. The van der Waals surface area contributed by atoms with Gasteiger partial charge in [0.15, 0.2) is 18.3 Å². The molecule has 0 fully saturated rings. The molecule has 1 aromatic carbocycles. The van der Waals surface area contributed by atoms with Crippen molar-refractivity contribution in [1.29, 1.82) is 10.8 Å². The Morgan fingerprint density at radius 2 is 1.96 bits per heavy atom. The Hall–Kier alpha value is -2.81. The largest absolute Gasteiger partial charge is 0.503 e. The van der Waals surface area contributed by atoms with Crippen molar-refractivity contribution in [3.63, 3.8) is 0 Å². The lowest BCUT2D eigenvalue weighted by atomic mass is 10.1. The van der Waals surface area contributed by atoms with Gasteiger partial charge in [-0.3, -0.25) is 20.4 Å². The molecule has 0 saturated heterocycles. The van der Waals surface area contributed by atoms with Gasteiger partial charge in [-0.2, -0.15) is 0 Å². The maximum absolute atomic E-state index is 13.6. The van der Waals surface area contributed by atoms with Crippen molar-refractivity contribution < 1.29 is 23.5 Å². The molecule has 0 unspecified atom stereocenters. The van der Waals surface area contributed by atoms with Gasteiger partial charge >= 0.3 is 0 Å². The van der Waals surface area contributed by atoms with E-state index in [1.807, 2.05) is 0 Å². The number of thioether (sulfide) groups is 1. The van der Waals surface area contributed by atoms with Gasteiger partial charge in [0.2, 0.25) is 0 Å². The van der Waals surface area contributed by atoms with Crippen LogP contribution < -0.4 is 5.32 Å². The number of benzene rings is 1. The van der Waals surface area contributed by atoms with Crippen LogP contribution in [-0.4, -0.2) is 27.8 Å². The standard InChI is InChI=1S/C16H15F2N3O3S/c1-9(6-21-13(7-22)14(24)8-23)16(20)25-15(19)4-10-2-3-11(17)5-12(10)18/h2-3,5-8,19-21,24H,4H2,1H3/b9-6+,14-13+,19-15?,20-16?. The Morgan fingerprint density at radius 1 is 1.28 bits per heavy atom. The third-order valence-corrected chi connectivity index (χ3v) is 3.82. The quantitative estimate of drug-likeness (QED) is 0.195. The second kappa shape index (κ2) is 9.48. The average molecular weight is 367 g/mol. The molecule has 0 aliphatic rings. The minimum absolute atomic E-state index is 0.0369. The van der Waals surface area contributed by atoms with Crippen LogP contribution in [0.25, 0.3) is 0 Å². The third kappa shape index (κ3) is 6.30. The van der Waals surface area contributed by atoms with Crippen LogP contribution in [0.2, 0.25) is 0 Å². The number of aliphatic hydroxyl groups is 1. The van der Waals surface area contributed by atoms with Gasteiger partial charge in [0.1, 0.15) is 17.3 Å². The number of rotatable bonds is 7. The van der Waals surface area contributed by atoms with E-state index in [2.05, 4.69) is 5.32 Å². The molecule has 9 heteroatoms. The number of carbonyl (C=O) groups is 2. The Bertz CT molecular complexity index is 776. The minimum Gasteiger partial charge on any atom is -0.503 e. The molecule has 0 spiro atoms. The molecular weight excluding hydrogens is 352 g/mol. The first-order valence-corrected chi connectivity index (χ1v) is 7.65. The van der Waals surface area contributed by atoms with E-state index in [9.17, 15) is 18.4 Å². The van der Waals surface area contributed by atoms with Crippen molar-refractivity contribution >= 4 is 34.4 Å². The van der Waals surface area contributed by atoms with Gasteiger partial charge in [-0.1, -0.05) is 17.8 Å². The van der Waals surface area contributed by atoms with E-state index in [-0.39, 0.29) is 40.3 Å². The zero-order chi connectivity index (χ0) is 19.0. The Kier molecular flexibility index (Phi) is 7.67. The van der Waals surface area contributed by atoms with E-state index in [4.69, 9.17) is 15.9 Å². The number of halogens is 2. The molecule has 0 heterocycles. The van der Waals surface area contributed by atoms with Gasteiger partial charge in [-0.15, -0.1) is 0 Å². The van der Waals surface area contributed by atoms with Crippen molar-refractivity contribution in [3.8, 4) is 0 Å². The highest BCUT2D eigenvalue weighted by atomic mass is 32.2. The van der Waals surface area contributed by atoms with Gasteiger partial charge in [0.05, 0.1) is 10.1 Å². The van der Waals surface area contributed by atoms with Gasteiger partial charge in [0.25, 0.3) is 0 Å². The second-order valence-electron chi connectivity index (χ2n) is 4.77. The number of nitrogens with one attached hydrogen (secondary N) is 3. The summed E-state index contributed by atoms with van der Waals surface area (Å²) in [6.45, 7) is 1.51. The molecule has 1 rings (SSSR count). The summed E-state index contributed by atoms with van der Waals surface area (Å²) in [5, 5.41) is 27.1. The van der Waals surface area contributed by atoms with Crippen LogP contribution in [-0.2, 0) is 16.0 Å². The smallest absolute Gasteiger partial charge is 0.186 e. The van der Waals surface area contributed by atoms with Gasteiger partial charge in [-0.05, 0) is 24.1 Å². The molecule has 0 radical (unpaired) electrons. The van der Waals surface area contributed by atoms with Crippen molar-refractivity contribution in [1.82, 2.24) is 5.32 Å². The van der Waals surface area contributed by atoms with Crippen molar-refractivity contribution in [2.75, 3.05) is 0 Å². The molecular formula is C16H15F2N3O3S. The molecule has 1 aromatic rings. The van der Waals surface area contributed by atoms with Crippen molar-refractivity contribution in [2.45, 2.75) is 13.3 Å². The van der Waals surface area contributed by atoms with E-state index in [1.165, 1.54) is 19.2 Å². The lowest BCUT2D eigenvalue weighted by molar-refractivity contribution is -0.109. The van der Waals surface area contributed by atoms with Crippen LogP contribution in [0.15, 0.2) is 41.4 Å². The summed E-state index contributed by atoms with van der Waals surface area (Å²) in [6, 6.07) is 3.04. The normalized spacial score (nSPS) is 12.2. The summed E-state index contributed by atoms with van der Waals surface area (Å²) >= 11 is 0.750. The molecule has 0 aromatic heterocycles. The Morgan fingerprint density at radius 3 is 2.52 bits per heavy atom. The number of hydrogen-bond acceptors (Lipinski definition) is 7. The van der Waals surface area contributed by atoms with Crippen LogP contribution in [0.1, 0.15) is 12.5 Å². The summed E-state index contributed by atoms with van der Waals surface area (Å²) in [7, 11) is 0. The fraction of sp³-hybridized carbons (Fsp3) is 0.125. The van der Waals surface area contributed by atoms with E-state index in [1.54, 1.807) is 0 Å². The minimum atomic E-state index is -0.780. The van der Waals surface area contributed by atoms with Crippen LogP contribution in [0.3, 0.4) is 0 Å². The molecule has 25 heavy (non-hydrogen) atoms.